The molecule has 292 valence electrons. The molecule has 2 atom stereocenters. The number of ether oxygens (including phenoxy) is 4. The van der Waals surface area contributed by atoms with Crippen LogP contribution >= 0.6 is 43.5 Å². The number of rotatable bonds is 21. The Labute approximate surface area is 339 Å². The number of carbonyl (C=O) groups is 2. The van der Waals surface area contributed by atoms with Crippen LogP contribution in [0.3, 0.4) is 0 Å². The Kier molecular flexibility index (Phi) is 16.5. The average Bonchev–Trinajstić information content (AvgIpc) is 3.13. The summed E-state index contributed by atoms with van der Waals surface area (Å²) in [6.45, 7) is 0.343. The predicted molar refractivity (Wildman–Crippen MR) is 208 cm³/mol. The van der Waals surface area contributed by atoms with Crippen LogP contribution in [-0.4, -0.2) is 75.3 Å². The molecule has 0 saturated heterocycles. The number of carboxylic acid groups (broad SMARTS) is 2. The van der Waals surface area contributed by atoms with Crippen molar-refractivity contribution in [2.45, 2.75) is 64.1 Å². The summed E-state index contributed by atoms with van der Waals surface area (Å²) >= 11 is 13.9. The van der Waals surface area contributed by atoms with E-state index in [1.165, 1.54) is 14.2 Å². The van der Waals surface area contributed by atoms with E-state index < -0.39 is 24.1 Å². The molecule has 0 radical (unpaired) electrons. The minimum Gasteiger partial charge on any atom is -0.481 e. The van der Waals surface area contributed by atoms with E-state index in [-0.39, 0.29) is 56.8 Å². The average molecular weight is 907 g/mol. The summed E-state index contributed by atoms with van der Waals surface area (Å²) in [4.78, 5) is 30.6. The molecule has 4 rings (SSSR count). The molecule has 2 aromatic heterocycles. The van der Waals surface area contributed by atoms with Gasteiger partial charge in [0.15, 0.2) is 0 Å². The van der Waals surface area contributed by atoms with Crippen molar-refractivity contribution in [3.63, 3.8) is 0 Å². The smallest absolute Gasteiger partial charge is 0.306 e. The molecule has 4 aromatic rings. The summed E-state index contributed by atoms with van der Waals surface area (Å²) in [6, 6.07) is 16.6. The fraction of sp³-hybridized carbons (Fsp3) is 0.342. The molecule has 55 heavy (non-hydrogen) atoms. The Bertz CT molecular complexity index is 2030. The fourth-order valence-electron chi connectivity index (χ4n) is 5.60. The van der Waals surface area contributed by atoms with Crippen LogP contribution in [0, 0.1) is 11.3 Å². The highest BCUT2D eigenvalue weighted by atomic mass is 79.9. The SMILES string of the molecule is COc1nc(OCc2cccc(-c3cccc(COc4nc(OC)c(CNC[C@@H](O)CC(=O)O)cc4Br)c3C#N)c2Cl)c(Br)cc1CCC[C@@H](O)CC(=O)O. The normalized spacial score (nSPS) is 12.0. The second-order valence-electron chi connectivity index (χ2n) is 12.2. The van der Waals surface area contributed by atoms with Gasteiger partial charge in [-0.2, -0.15) is 15.2 Å². The number of aliphatic carboxylic acids is 2. The number of aromatic nitrogens is 2. The highest BCUT2D eigenvalue weighted by Crippen LogP contribution is 2.37. The molecule has 0 saturated carbocycles. The van der Waals surface area contributed by atoms with Gasteiger partial charge in [0.1, 0.15) is 19.3 Å². The molecule has 0 aliphatic carbocycles. The number of methoxy groups -OCH3 is 2. The number of nitrogens with zero attached hydrogens (tertiary/aromatic N) is 3. The molecule has 0 bridgehead atoms. The van der Waals surface area contributed by atoms with E-state index in [0.29, 0.717) is 72.5 Å². The van der Waals surface area contributed by atoms with Crippen LogP contribution in [0.15, 0.2) is 57.5 Å². The van der Waals surface area contributed by atoms with E-state index in [1.807, 2.05) is 18.2 Å². The monoisotopic (exact) mass is 904 g/mol. The summed E-state index contributed by atoms with van der Waals surface area (Å²) in [5, 5.41) is 51.1. The number of nitriles is 1. The third kappa shape index (κ3) is 12.2. The number of aliphatic hydroxyl groups excluding tert-OH is 2. The van der Waals surface area contributed by atoms with Gasteiger partial charge < -0.3 is 44.7 Å². The zero-order valence-corrected chi connectivity index (χ0v) is 33.8. The molecular formula is C38H39Br2ClN4O10. The quantitative estimate of drug-likeness (QED) is 0.0608. The first-order valence-electron chi connectivity index (χ1n) is 16.9. The number of hydrogen-bond donors (Lipinski definition) is 5. The maximum Gasteiger partial charge on any atom is 0.306 e. The molecule has 0 unspecified atom stereocenters. The Morgan fingerprint density at radius 1 is 0.818 bits per heavy atom. The summed E-state index contributed by atoms with van der Waals surface area (Å²) in [6.07, 6.45) is -1.34. The second kappa shape index (κ2) is 21.0. The van der Waals surface area contributed by atoms with Crippen molar-refractivity contribution in [1.82, 2.24) is 15.3 Å². The number of carboxylic acids is 2. The van der Waals surface area contributed by atoms with Crippen LogP contribution in [0.2, 0.25) is 5.02 Å². The topological polar surface area (TPSA) is 214 Å². The lowest BCUT2D eigenvalue weighted by molar-refractivity contribution is -0.140. The van der Waals surface area contributed by atoms with E-state index in [4.69, 9.17) is 40.8 Å². The number of nitrogens with one attached hydrogen (secondary N) is 1. The summed E-state index contributed by atoms with van der Waals surface area (Å²) in [5.74, 6) is -1.07. The molecule has 14 nitrogen and oxygen atoms in total. The van der Waals surface area contributed by atoms with Gasteiger partial charge in [-0.3, -0.25) is 9.59 Å². The van der Waals surface area contributed by atoms with Crippen LogP contribution in [-0.2, 0) is 35.8 Å². The van der Waals surface area contributed by atoms with Crippen molar-refractivity contribution in [3.8, 4) is 40.7 Å². The number of pyridine rings is 2. The van der Waals surface area contributed by atoms with Crippen molar-refractivity contribution in [1.29, 1.82) is 5.26 Å². The van der Waals surface area contributed by atoms with Crippen LogP contribution < -0.4 is 24.3 Å². The summed E-state index contributed by atoms with van der Waals surface area (Å²) in [7, 11) is 2.94. The highest BCUT2D eigenvalue weighted by Gasteiger charge is 2.19. The molecule has 0 spiro atoms. The van der Waals surface area contributed by atoms with Gasteiger partial charge in [0, 0.05) is 46.5 Å². The van der Waals surface area contributed by atoms with Crippen molar-refractivity contribution >= 4 is 55.4 Å². The molecular weight excluding hydrogens is 868 g/mol. The van der Waals surface area contributed by atoms with E-state index in [9.17, 15) is 25.1 Å². The third-order valence-electron chi connectivity index (χ3n) is 8.21. The molecule has 2 aromatic carbocycles. The zero-order valence-electron chi connectivity index (χ0n) is 29.9. The van der Waals surface area contributed by atoms with Gasteiger partial charge in [-0.05, 0) is 63.3 Å². The fourth-order valence-corrected chi connectivity index (χ4v) is 6.84. The van der Waals surface area contributed by atoms with Gasteiger partial charge in [-0.1, -0.05) is 48.0 Å². The maximum absolute atomic E-state index is 10.8. The van der Waals surface area contributed by atoms with Gasteiger partial charge in [0.2, 0.25) is 23.5 Å². The molecule has 2 heterocycles. The lowest BCUT2D eigenvalue weighted by Gasteiger charge is -2.16. The van der Waals surface area contributed by atoms with Crippen molar-refractivity contribution in [3.05, 3.63) is 90.3 Å². The van der Waals surface area contributed by atoms with Crippen LogP contribution in [0.4, 0.5) is 0 Å². The molecule has 17 heteroatoms. The summed E-state index contributed by atoms with van der Waals surface area (Å²) in [5.41, 5.74) is 4.18. The van der Waals surface area contributed by atoms with Crippen LogP contribution in [0.5, 0.6) is 23.5 Å². The van der Waals surface area contributed by atoms with E-state index in [2.05, 4.69) is 53.2 Å². The minimum atomic E-state index is -1.10. The number of benzene rings is 2. The largest absolute Gasteiger partial charge is 0.481 e. The van der Waals surface area contributed by atoms with E-state index >= 15 is 0 Å². The molecule has 0 aliphatic rings. The first-order valence-corrected chi connectivity index (χ1v) is 18.8. The van der Waals surface area contributed by atoms with Gasteiger partial charge in [-0.15, -0.1) is 0 Å². The van der Waals surface area contributed by atoms with Crippen LogP contribution in [0.1, 0.15) is 53.5 Å². The van der Waals surface area contributed by atoms with Crippen molar-refractivity contribution < 1.29 is 49.0 Å². The predicted octanol–water partition coefficient (Wildman–Crippen LogP) is 6.45. The first kappa shape index (κ1) is 43.2. The van der Waals surface area contributed by atoms with Crippen molar-refractivity contribution in [2.24, 2.45) is 0 Å². The maximum atomic E-state index is 10.8. The Morgan fingerprint density at radius 3 is 1.96 bits per heavy atom. The third-order valence-corrected chi connectivity index (χ3v) is 9.79. The number of aliphatic hydroxyl groups is 2. The molecule has 5 N–H and O–H groups in total. The lowest BCUT2D eigenvalue weighted by Crippen LogP contribution is -2.28. The van der Waals surface area contributed by atoms with Gasteiger partial charge in [-0.25, -0.2) is 0 Å². The Balaban J connectivity index is 1.47. The Morgan fingerprint density at radius 2 is 1.36 bits per heavy atom. The van der Waals surface area contributed by atoms with E-state index in [1.54, 1.807) is 30.3 Å². The van der Waals surface area contributed by atoms with E-state index in [0.717, 1.165) is 5.56 Å². The zero-order chi connectivity index (χ0) is 40.1. The summed E-state index contributed by atoms with van der Waals surface area (Å²) < 4.78 is 24.1. The number of halogens is 3. The van der Waals surface area contributed by atoms with Crippen LogP contribution in [0.25, 0.3) is 11.1 Å². The second-order valence-corrected chi connectivity index (χ2v) is 14.3. The van der Waals surface area contributed by atoms with Gasteiger partial charge >= 0.3 is 11.9 Å². The lowest BCUT2D eigenvalue weighted by atomic mass is 9.95. The number of aryl methyl sites for hydroxylation is 1. The highest BCUT2D eigenvalue weighted by molar-refractivity contribution is 9.10. The minimum absolute atomic E-state index is 0.00860. The van der Waals surface area contributed by atoms with Gasteiger partial charge in [0.05, 0.1) is 58.8 Å². The first-order chi connectivity index (χ1) is 26.3. The number of hydrogen-bond acceptors (Lipinski definition) is 12. The standard InChI is InChI=1S/C38H39Br2ClN4O10/c1-52-35-21(6-3-9-25(46)14-32(48)49)12-30(39)37(44-35)55-20-23-8-5-11-28(34(23)41)27-10-4-7-22(29(27)16-42)19-54-38-31(40)13-24(36(45-38)53-2)17-43-18-26(47)15-33(50)51/h4-5,7-8,10-13,25-26,43,46-47H,3,6,9,14-15,17-20H2,1-2H3,(H,48,49)(H,50,51)/t25-,26+/m1/s1. The molecule has 0 aliphatic heterocycles. The van der Waals surface area contributed by atoms with Gasteiger partial charge in [0.25, 0.3) is 0 Å². The Hall–Kier alpha value is -4.50. The molecule has 0 amide bonds. The van der Waals surface area contributed by atoms with Crippen molar-refractivity contribution in [2.75, 3.05) is 20.8 Å². The molecule has 0 fully saturated rings.